The zero-order valence-electron chi connectivity index (χ0n) is 18.7. The van der Waals surface area contributed by atoms with Crippen LogP contribution < -0.4 is 10.5 Å². The predicted octanol–water partition coefficient (Wildman–Crippen LogP) is 2.79. The topological polar surface area (TPSA) is 80.9 Å². The van der Waals surface area contributed by atoms with Crippen LogP contribution in [0.5, 0.6) is 0 Å². The van der Waals surface area contributed by atoms with Crippen LogP contribution in [0.1, 0.15) is 86.0 Å². The zero-order chi connectivity index (χ0) is 21.4. The molecule has 3 aromatic rings. The smallest absolute Gasteiger partial charge is 0.258 e. The second kappa shape index (κ2) is 8.54. The first-order valence-corrected chi connectivity index (χ1v) is 11.9. The van der Waals surface area contributed by atoms with Crippen molar-refractivity contribution in [3.05, 3.63) is 51.1 Å². The number of rotatable bonds is 4. The number of fused-ring (bicyclic) bond motifs is 1. The van der Waals surface area contributed by atoms with Crippen LogP contribution in [0.3, 0.4) is 0 Å². The Morgan fingerprint density at radius 1 is 1.03 bits per heavy atom. The number of hydrogen-bond acceptors (Lipinski definition) is 4. The molecule has 5 rings (SSSR count). The molecule has 0 unspecified atom stereocenters. The Balaban J connectivity index is 1.68. The molecule has 0 spiro atoms. The van der Waals surface area contributed by atoms with E-state index in [1.165, 1.54) is 49.0 Å². The van der Waals surface area contributed by atoms with E-state index in [0.29, 0.717) is 6.04 Å². The molecule has 0 bridgehead atoms. The van der Waals surface area contributed by atoms with E-state index in [9.17, 15) is 4.79 Å². The molecule has 0 radical (unpaired) electrons. The Bertz CT molecular complexity index is 1120. The number of H-pyrrole nitrogens is 1. The lowest BCUT2D eigenvalue weighted by atomic mass is 9.99. The number of nitrogens with one attached hydrogen (secondary N) is 2. The van der Waals surface area contributed by atoms with Gasteiger partial charge in [-0.1, -0.05) is 25.0 Å². The van der Waals surface area contributed by atoms with Crippen molar-refractivity contribution in [1.29, 1.82) is 0 Å². The van der Waals surface area contributed by atoms with Crippen molar-refractivity contribution < 1.29 is 4.90 Å². The number of benzene rings is 1. The third-order valence-electron chi connectivity index (χ3n) is 7.38. The maximum absolute atomic E-state index is 13.4. The van der Waals surface area contributed by atoms with Gasteiger partial charge in [-0.25, -0.2) is 4.68 Å². The fraction of sp³-hybridized carbons (Fsp3) is 0.583. The van der Waals surface area contributed by atoms with E-state index in [4.69, 9.17) is 0 Å². The minimum absolute atomic E-state index is 0.0103. The van der Waals surface area contributed by atoms with E-state index in [-0.39, 0.29) is 11.6 Å². The Hall–Kier alpha value is -2.54. The first-order chi connectivity index (χ1) is 15.1. The molecule has 2 fully saturated rings. The summed E-state index contributed by atoms with van der Waals surface area (Å²) in [7, 11) is 0. The van der Waals surface area contributed by atoms with E-state index in [1.807, 2.05) is 4.68 Å². The number of nitrogens with zero attached hydrogens (tertiary/aromatic N) is 4. The monoisotopic (exact) mass is 421 g/mol. The molecule has 2 N–H and O–H groups in total. The molecule has 31 heavy (non-hydrogen) atoms. The van der Waals surface area contributed by atoms with Gasteiger partial charge in [-0.3, -0.25) is 4.79 Å². The first kappa shape index (κ1) is 20.4. The number of aryl methyl sites for hydroxylation is 2. The van der Waals surface area contributed by atoms with Gasteiger partial charge in [0.2, 0.25) is 5.82 Å². The van der Waals surface area contributed by atoms with Crippen LogP contribution in [0.4, 0.5) is 0 Å². The molecular weight excluding hydrogens is 388 g/mol. The highest BCUT2D eigenvalue weighted by Crippen LogP contribution is 2.31. The first-order valence-electron chi connectivity index (χ1n) is 11.9. The Morgan fingerprint density at radius 2 is 1.74 bits per heavy atom. The molecule has 1 aromatic carbocycles. The molecule has 1 saturated heterocycles. The van der Waals surface area contributed by atoms with Crippen molar-refractivity contribution in [1.82, 2.24) is 25.2 Å². The number of quaternary nitrogens is 1. The highest BCUT2D eigenvalue weighted by Gasteiger charge is 2.36. The molecule has 0 amide bonds. The van der Waals surface area contributed by atoms with Crippen molar-refractivity contribution >= 4 is 10.9 Å². The third-order valence-corrected chi connectivity index (χ3v) is 7.38. The summed E-state index contributed by atoms with van der Waals surface area (Å²) in [5, 5.41) is 14.2. The minimum atomic E-state index is -0.137. The van der Waals surface area contributed by atoms with Gasteiger partial charge in [0.1, 0.15) is 0 Å². The number of tetrazole rings is 1. The lowest BCUT2D eigenvalue weighted by Gasteiger charge is -2.27. The summed E-state index contributed by atoms with van der Waals surface area (Å²) in [5.41, 5.74) is 4.00. The van der Waals surface area contributed by atoms with Crippen molar-refractivity contribution in [2.45, 2.75) is 77.3 Å². The molecule has 1 aliphatic heterocycles. The van der Waals surface area contributed by atoms with E-state index < -0.39 is 0 Å². The minimum Gasteiger partial charge on any atom is -0.322 e. The van der Waals surface area contributed by atoms with Gasteiger partial charge in [-0.2, -0.15) is 0 Å². The van der Waals surface area contributed by atoms with Crippen LogP contribution in [0.25, 0.3) is 10.9 Å². The SMILES string of the molecule is Cc1ccc(C)c2[nH]c(=O)c([C@H](c3nnnn3C3CCCC3)[NH+]3CCCCCC3)cc12. The van der Waals surface area contributed by atoms with Gasteiger partial charge in [-0.15, -0.1) is 5.10 Å². The molecule has 2 aromatic heterocycles. The van der Waals surface area contributed by atoms with Crippen LogP contribution in [0.15, 0.2) is 23.0 Å². The predicted molar refractivity (Wildman–Crippen MR) is 120 cm³/mol. The fourth-order valence-electron chi connectivity index (χ4n) is 5.62. The maximum Gasteiger partial charge on any atom is 0.258 e. The van der Waals surface area contributed by atoms with Crippen LogP contribution in [-0.2, 0) is 0 Å². The lowest BCUT2D eigenvalue weighted by molar-refractivity contribution is -0.925. The quantitative estimate of drug-likeness (QED) is 0.679. The normalized spacial score (nSPS) is 19.7. The van der Waals surface area contributed by atoms with Gasteiger partial charge < -0.3 is 9.88 Å². The van der Waals surface area contributed by atoms with E-state index in [2.05, 4.69) is 52.6 Å². The number of aromatic nitrogens is 5. The Morgan fingerprint density at radius 3 is 2.48 bits per heavy atom. The lowest BCUT2D eigenvalue weighted by Crippen LogP contribution is -3.12. The van der Waals surface area contributed by atoms with Gasteiger partial charge in [0.15, 0.2) is 6.04 Å². The van der Waals surface area contributed by atoms with Gasteiger partial charge >= 0.3 is 0 Å². The third kappa shape index (κ3) is 3.80. The largest absolute Gasteiger partial charge is 0.322 e. The van der Waals surface area contributed by atoms with Crippen LogP contribution in [0.2, 0.25) is 0 Å². The van der Waals surface area contributed by atoms with E-state index >= 15 is 0 Å². The van der Waals surface area contributed by atoms with Crippen LogP contribution >= 0.6 is 0 Å². The number of pyridine rings is 1. The molecule has 2 aliphatic rings. The molecule has 1 aliphatic carbocycles. The summed E-state index contributed by atoms with van der Waals surface area (Å²) < 4.78 is 2.04. The Kier molecular flexibility index (Phi) is 5.61. The average Bonchev–Trinajstić information content (AvgIpc) is 3.39. The summed E-state index contributed by atoms with van der Waals surface area (Å²) in [6.07, 6.45) is 9.56. The Labute approximate surface area is 182 Å². The summed E-state index contributed by atoms with van der Waals surface area (Å²) in [5.74, 6) is 0.860. The van der Waals surface area contributed by atoms with Gasteiger partial charge in [0.25, 0.3) is 5.56 Å². The molecular formula is C24H33N6O+. The molecule has 7 heteroatoms. The number of aromatic amines is 1. The van der Waals surface area contributed by atoms with E-state index in [0.717, 1.165) is 53.8 Å². The van der Waals surface area contributed by atoms with Gasteiger partial charge in [-0.05, 0) is 80.0 Å². The average molecular weight is 422 g/mol. The zero-order valence-corrected chi connectivity index (χ0v) is 18.7. The summed E-state index contributed by atoms with van der Waals surface area (Å²) >= 11 is 0. The standard InChI is InChI=1S/C24H32N6O/c1-16-11-12-17(2)21-19(16)15-20(24(31)25-21)22(29-13-7-3-4-8-14-29)23-26-27-28-30(23)18-9-5-6-10-18/h11-12,15,18,22H,3-10,13-14H2,1-2H3,(H,25,31)/p+1/t22-/m1/s1. The van der Waals surface area contributed by atoms with Crippen molar-refractivity contribution in [3.63, 3.8) is 0 Å². The van der Waals surface area contributed by atoms with E-state index in [1.54, 1.807) is 0 Å². The van der Waals surface area contributed by atoms with Crippen LogP contribution in [-0.4, -0.2) is 38.3 Å². The molecule has 7 nitrogen and oxygen atoms in total. The highest BCUT2D eigenvalue weighted by atomic mass is 16.1. The summed E-state index contributed by atoms with van der Waals surface area (Å²) in [6.45, 7) is 6.26. The van der Waals surface area contributed by atoms with Crippen molar-refractivity contribution in [2.75, 3.05) is 13.1 Å². The molecule has 3 heterocycles. The summed E-state index contributed by atoms with van der Waals surface area (Å²) in [6, 6.07) is 6.54. The van der Waals surface area contributed by atoms with Crippen molar-refractivity contribution in [3.8, 4) is 0 Å². The molecule has 1 atom stereocenters. The molecule has 1 saturated carbocycles. The fourth-order valence-corrected chi connectivity index (χ4v) is 5.62. The van der Waals surface area contributed by atoms with Gasteiger partial charge in [0, 0.05) is 5.39 Å². The molecule has 164 valence electrons. The van der Waals surface area contributed by atoms with Crippen molar-refractivity contribution in [2.24, 2.45) is 0 Å². The number of hydrogen-bond donors (Lipinski definition) is 2. The maximum atomic E-state index is 13.4. The van der Waals surface area contributed by atoms with Gasteiger partial charge in [0.05, 0.1) is 30.2 Å². The second-order valence-corrected chi connectivity index (χ2v) is 9.47. The second-order valence-electron chi connectivity index (χ2n) is 9.47. The highest BCUT2D eigenvalue weighted by molar-refractivity contribution is 5.85. The van der Waals surface area contributed by atoms with Crippen LogP contribution in [0, 0.1) is 13.8 Å². The summed E-state index contributed by atoms with van der Waals surface area (Å²) in [4.78, 5) is 18.1. The number of likely N-dealkylation sites (tertiary alicyclic amines) is 1.